The Morgan fingerprint density at radius 3 is 2.28 bits per heavy atom. The number of sulfonamides is 1. The Morgan fingerprint density at radius 2 is 1.72 bits per heavy atom. The Hall–Kier alpha value is -3.07. The maximum absolute atomic E-state index is 12.9. The molecule has 0 bridgehead atoms. The van der Waals surface area contributed by atoms with Crippen LogP contribution in [0.3, 0.4) is 0 Å². The highest BCUT2D eigenvalue weighted by molar-refractivity contribution is 7.92. The van der Waals surface area contributed by atoms with E-state index in [1.54, 1.807) is 12.1 Å². The molecular weight excluding hydrogens is 398 g/mol. The van der Waals surface area contributed by atoms with Crippen molar-refractivity contribution in [2.24, 2.45) is 0 Å². The smallest absolute Gasteiger partial charge is 0.346 e. The molecule has 2 rings (SSSR count). The molecule has 0 aromatic heterocycles. The van der Waals surface area contributed by atoms with Gasteiger partial charge in [-0.1, -0.05) is 19.1 Å². The Balaban J connectivity index is 2.33. The fraction of sp³-hybridized carbons (Fsp3) is 0.300. The predicted molar refractivity (Wildman–Crippen MR) is 107 cm³/mol. The summed E-state index contributed by atoms with van der Waals surface area (Å²) >= 11 is 0. The molecule has 0 fully saturated rings. The standard InChI is InChI=1S/C20H23NO7S/c1-5-14-6-9-16(10-7-14)21-29(24,25)18-12-15(8-11-17(18)26-3)20(23)28-13(2)19(22)27-4/h6-13,21H,5H2,1-4H3/t13-/m1/s1. The Labute approximate surface area is 169 Å². The molecule has 0 aliphatic rings. The summed E-state index contributed by atoms with van der Waals surface area (Å²) in [5.41, 5.74) is 1.38. The van der Waals surface area contributed by atoms with Crippen LogP contribution in [0.1, 0.15) is 29.8 Å². The average Bonchev–Trinajstić information content (AvgIpc) is 2.72. The van der Waals surface area contributed by atoms with Gasteiger partial charge in [0.25, 0.3) is 10.0 Å². The van der Waals surface area contributed by atoms with Crippen LogP contribution in [0.5, 0.6) is 5.75 Å². The molecular formula is C20H23NO7S. The second-order valence-corrected chi connectivity index (χ2v) is 7.74. The van der Waals surface area contributed by atoms with Crippen LogP contribution in [-0.2, 0) is 30.7 Å². The molecule has 0 unspecified atom stereocenters. The number of methoxy groups -OCH3 is 2. The number of esters is 2. The number of carbonyl (C=O) groups is 2. The lowest BCUT2D eigenvalue weighted by molar-refractivity contribution is -0.149. The zero-order valence-electron chi connectivity index (χ0n) is 16.6. The average molecular weight is 421 g/mol. The first-order chi connectivity index (χ1) is 13.7. The van der Waals surface area contributed by atoms with Gasteiger partial charge in [0.2, 0.25) is 0 Å². The first-order valence-electron chi connectivity index (χ1n) is 8.80. The molecule has 9 heteroatoms. The molecule has 0 saturated heterocycles. The zero-order chi connectivity index (χ0) is 21.6. The van der Waals surface area contributed by atoms with E-state index in [9.17, 15) is 18.0 Å². The Bertz CT molecular complexity index is 984. The molecule has 2 aromatic carbocycles. The molecule has 0 heterocycles. The van der Waals surface area contributed by atoms with Crippen molar-refractivity contribution in [2.75, 3.05) is 18.9 Å². The molecule has 0 radical (unpaired) electrons. The van der Waals surface area contributed by atoms with E-state index < -0.39 is 28.1 Å². The minimum atomic E-state index is -4.06. The lowest BCUT2D eigenvalue weighted by atomic mass is 10.2. The van der Waals surface area contributed by atoms with Crippen LogP contribution in [0.25, 0.3) is 0 Å². The van der Waals surface area contributed by atoms with Gasteiger partial charge < -0.3 is 14.2 Å². The van der Waals surface area contributed by atoms with Crippen LogP contribution in [0, 0.1) is 0 Å². The highest BCUT2D eigenvalue weighted by Gasteiger charge is 2.24. The third-order valence-corrected chi connectivity index (χ3v) is 5.52. The molecule has 156 valence electrons. The minimum absolute atomic E-state index is 0.0525. The first kappa shape index (κ1) is 22.2. The van der Waals surface area contributed by atoms with Gasteiger partial charge in [0, 0.05) is 5.69 Å². The van der Waals surface area contributed by atoms with E-state index in [2.05, 4.69) is 9.46 Å². The third kappa shape index (κ3) is 5.47. The van der Waals surface area contributed by atoms with E-state index in [4.69, 9.17) is 9.47 Å². The van der Waals surface area contributed by atoms with Gasteiger partial charge >= 0.3 is 11.9 Å². The molecule has 0 amide bonds. The molecule has 29 heavy (non-hydrogen) atoms. The van der Waals surface area contributed by atoms with Gasteiger partial charge in [-0.2, -0.15) is 0 Å². The minimum Gasteiger partial charge on any atom is -0.495 e. The number of hydrogen-bond donors (Lipinski definition) is 1. The predicted octanol–water partition coefficient (Wildman–Crippen LogP) is 2.78. The first-order valence-corrected chi connectivity index (χ1v) is 10.3. The molecule has 2 aromatic rings. The summed E-state index contributed by atoms with van der Waals surface area (Å²) in [6, 6.07) is 10.8. The van der Waals surface area contributed by atoms with E-state index in [1.807, 2.05) is 19.1 Å². The van der Waals surface area contributed by atoms with Gasteiger partial charge in [0.05, 0.1) is 19.8 Å². The van der Waals surface area contributed by atoms with Crippen molar-refractivity contribution in [1.82, 2.24) is 0 Å². The van der Waals surface area contributed by atoms with Crippen molar-refractivity contribution in [3.63, 3.8) is 0 Å². The molecule has 1 atom stereocenters. The lowest BCUT2D eigenvalue weighted by Crippen LogP contribution is -2.25. The van der Waals surface area contributed by atoms with Gasteiger partial charge in [-0.3, -0.25) is 4.72 Å². The van der Waals surface area contributed by atoms with E-state index in [0.29, 0.717) is 5.69 Å². The maximum atomic E-state index is 12.9. The molecule has 0 saturated carbocycles. The van der Waals surface area contributed by atoms with Crippen molar-refractivity contribution in [3.05, 3.63) is 53.6 Å². The summed E-state index contributed by atoms with van der Waals surface area (Å²) in [6.07, 6.45) is -0.306. The molecule has 8 nitrogen and oxygen atoms in total. The summed E-state index contributed by atoms with van der Waals surface area (Å²) in [7, 11) is -1.56. The highest BCUT2D eigenvalue weighted by atomic mass is 32.2. The van der Waals surface area contributed by atoms with Crippen molar-refractivity contribution < 1.29 is 32.2 Å². The third-order valence-electron chi connectivity index (χ3n) is 4.12. The number of rotatable bonds is 8. The van der Waals surface area contributed by atoms with Crippen LogP contribution in [0.4, 0.5) is 5.69 Å². The van der Waals surface area contributed by atoms with Crippen LogP contribution in [0.15, 0.2) is 47.4 Å². The van der Waals surface area contributed by atoms with Crippen molar-refractivity contribution in [3.8, 4) is 5.75 Å². The number of hydrogen-bond acceptors (Lipinski definition) is 7. The van der Waals surface area contributed by atoms with Crippen molar-refractivity contribution in [1.29, 1.82) is 0 Å². The molecule has 1 N–H and O–H groups in total. The quantitative estimate of drug-likeness (QED) is 0.653. The van der Waals surface area contributed by atoms with Crippen LogP contribution < -0.4 is 9.46 Å². The van der Waals surface area contributed by atoms with Crippen LogP contribution >= 0.6 is 0 Å². The topological polar surface area (TPSA) is 108 Å². The number of carbonyl (C=O) groups excluding carboxylic acids is 2. The van der Waals surface area contributed by atoms with Crippen LogP contribution in [-0.4, -0.2) is 40.7 Å². The summed E-state index contributed by atoms with van der Waals surface area (Å²) in [6.45, 7) is 3.35. The summed E-state index contributed by atoms with van der Waals surface area (Å²) < 4.78 is 42.8. The fourth-order valence-electron chi connectivity index (χ4n) is 2.47. The van der Waals surface area contributed by atoms with Gasteiger partial charge in [-0.15, -0.1) is 0 Å². The summed E-state index contributed by atoms with van der Waals surface area (Å²) in [5.74, 6) is -1.54. The van der Waals surface area contributed by atoms with E-state index in [0.717, 1.165) is 18.1 Å². The highest BCUT2D eigenvalue weighted by Crippen LogP contribution is 2.27. The summed E-state index contributed by atoms with van der Waals surface area (Å²) in [4.78, 5) is 23.5. The number of benzene rings is 2. The molecule has 0 aliphatic carbocycles. The van der Waals surface area contributed by atoms with E-state index in [1.165, 1.54) is 33.3 Å². The second-order valence-electron chi connectivity index (χ2n) is 6.09. The Morgan fingerprint density at radius 1 is 1.07 bits per heavy atom. The van der Waals surface area contributed by atoms with Crippen molar-refractivity contribution >= 4 is 27.6 Å². The van der Waals surface area contributed by atoms with E-state index in [-0.39, 0.29) is 16.2 Å². The summed E-state index contributed by atoms with van der Waals surface area (Å²) in [5, 5.41) is 0. The number of aryl methyl sites for hydroxylation is 1. The number of anilines is 1. The monoisotopic (exact) mass is 421 g/mol. The largest absolute Gasteiger partial charge is 0.495 e. The van der Waals surface area contributed by atoms with Crippen molar-refractivity contribution in [2.45, 2.75) is 31.3 Å². The zero-order valence-corrected chi connectivity index (χ0v) is 17.4. The second kappa shape index (κ2) is 9.42. The molecule has 0 aliphatic heterocycles. The van der Waals surface area contributed by atoms with Crippen LogP contribution in [0.2, 0.25) is 0 Å². The van der Waals surface area contributed by atoms with E-state index >= 15 is 0 Å². The molecule has 0 spiro atoms. The number of ether oxygens (including phenoxy) is 3. The lowest BCUT2D eigenvalue weighted by Gasteiger charge is -2.14. The fourth-order valence-corrected chi connectivity index (χ4v) is 3.73. The van der Waals surface area contributed by atoms with Gasteiger partial charge in [-0.25, -0.2) is 18.0 Å². The SMILES string of the molecule is CCc1ccc(NS(=O)(=O)c2cc(C(=O)O[C@H](C)C(=O)OC)ccc2OC)cc1. The van der Waals surface area contributed by atoms with Gasteiger partial charge in [-0.05, 0) is 49.2 Å². The van der Waals surface area contributed by atoms with Gasteiger partial charge in [0.15, 0.2) is 6.10 Å². The Kier molecular flexibility index (Phi) is 7.22. The normalized spacial score (nSPS) is 12.0. The van der Waals surface area contributed by atoms with Gasteiger partial charge in [0.1, 0.15) is 10.6 Å². The number of nitrogens with one attached hydrogen (secondary N) is 1. The maximum Gasteiger partial charge on any atom is 0.346 e.